The van der Waals surface area contributed by atoms with Gasteiger partial charge in [-0.3, -0.25) is 0 Å². The number of hydrogen-bond acceptors (Lipinski definition) is 3. The summed E-state index contributed by atoms with van der Waals surface area (Å²) in [6.45, 7) is 6.59. The maximum atomic E-state index is 6.15. The Hall–Kier alpha value is -0.120. The molecule has 1 aliphatic carbocycles. The molecular formula is C14H31N3. The molecule has 0 radical (unpaired) electrons. The molecular weight excluding hydrogens is 210 g/mol. The van der Waals surface area contributed by atoms with E-state index in [2.05, 4.69) is 25.8 Å². The predicted molar refractivity (Wildman–Crippen MR) is 74.9 cm³/mol. The minimum absolute atomic E-state index is 0.409. The van der Waals surface area contributed by atoms with Crippen LogP contribution >= 0.6 is 0 Å². The van der Waals surface area contributed by atoms with Crippen molar-refractivity contribution in [2.45, 2.75) is 58.0 Å². The highest BCUT2D eigenvalue weighted by atomic mass is 15.1. The van der Waals surface area contributed by atoms with Crippen molar-refractivity contribution in [3.8, 4) is 0 Å². The molecule has 3 nitrogen and oxygen atoms in total. The molecule has 1 fully saturated rings. The Morgan fingerprint density at radius 1 is 1.35 bits per heavy atom. The molecule has 0 aromatic carbocycles. The summed E-state index contributed by atoms with van der Waals surface area (Å²) in [5, 5.41) is 0. The minimum atomic E-state index is 0.409. The van der Waals surface area contributed by atoms with E-state index in [1.807, 2.05) is 0 Å². The van der Waals surface area contributed by atoms with Crippen LogP contribution in [-0.4, -0.2) is 37.1 Å². The van der Waals surface area contributed by atoms with Crippen LogP contribution in [-0.2, 0) is 0 Å². The van der Waals surface area contributed by atoms with Crippen LogP contribution in [0, 0.1) is 11.8 Å². The van der Waals surface area contributed by atoms with E-state index in [0.29, 0.717) is 12.1 Å². The van der Waals surface area contributed by atoms with Gasteiger partial charge in [0, 0.05) is 12.1 Å². The molecule has 1 saturated carbocycles. The third kappa shape index (κ3) is 4.23. The normalized spacial score (nSPS) is 31.8. The Kier molecular flexibility index (Phi) is 6.45. The summed E-state index contributed by atoms with van der Waals surface area (Å²) in [6, 6.07) is 1.04. The van der Waals surface area contributed by atoms with E-state index in [0.717, 1.165) is 24.8 Å². The molecule has 4 atom stereocenters. The average Bonchev–Trinajstić information content (AvgIpc) is 2.30. The first kappa shape index (κ1) is 14.9. The van der Waals surface area contributed by atoms with Crippen molar-refractivity contribution in [2.24, 2.45) is 23.3 Å². The quantitative estimate of drug-likeness (QED) is 0.745. The molecule has 0 aliphatic heterocycles. The van der Waals surface area contributed by atoms with Gasteiger partial charge < -0.3 is 16.4 Å². The van der Waals surface area contributed by atoms with Crippen LogP contribution in [0.5, 0.6) is 0 Å². The first-order valence-electron chi connectivity index (χ1n) is 7.26. The van der Waals surface area contributed by atoms with Crippen molar-refractivity contribution in [1.82, 2.24) is 4.90 Å². The fraction of sp³-hybridized carbons (Fsp3) is 1.00. The van der Waals surface area contributed by atoms with Crippen LogP contribution in [0.15, 0.2) is 0 Å². The monoisotopic (exact) mass is 241 g/mol. The highest BCUT2D eigenvalue weighted by Crippen LogP contribution is 2.34. The van der Waals surface area contributed by atoms with E-state index in [9.17, 15) is 0 Å². The van der Waals surface area contributed by atoms with Crippen molar-refractivity contribution < 1.29 is 0 Å². The fourth-order valence-corrected chi connectivity index (χ4v) is 3.38. The minimum Gasteiger partial charge on any atom is -0.330 e. The van der Waals surface area contributed by atoms with Gasteiger partial charge >= 0.3 is 0 Å². The highest BCUT2D eigenvalue weighted by Gasteiger charge is 2.33. The van der Waals surface area contributed by atoms with Gasteiger partial charge in [0.25, 0.3) is 0 Å². The van der Waals surface area contributed by atoms with Crippen LogP contribution in [0.4, 0.5) is 0 Å². The summed E-state index contributed by atoms with van der Waals surface area (Å²) in [6.07, 6.45) is 5.99. The molecule has 3 heteroatoms. The zero-order valence-corrected chi connectivity index (χ0v) is 11.9. The maximum absolute atomic E-state index is 6.15. The molecule has 0 aromatic rings. The predicted octanol–water partition coefficient (Wildman–Crippen LogP) is 1.81. The summed E-state index contributed by atoms with van der Waals surface area (Å²) >= 11 is 0. The van der Waals surface area contributed by atoms with Crippen LogP contribution in [0.2, 0.25) is 0 Å². The van der Waals surface area contributed by atoms with Gasteiger partial charge in [0.2, 0.25) is 0 Å². The van der Waals surface area contributed by atoms with Crippen molar-refractivity contribution >= 4 is 0 Å². The molecule has 0 saturated heterocycles. The Morgan fingerprint density at radius 3 is 2.65 bits per heavy atom. The van der Waals surface area contributed by atoms with Gasteiger partial charge in [0.1, 0.15) is 0 Å². The Labute approximate surface area is 107 Å². The lowest BCUT2D eigenvalue weighted by molar-refractivity contribution is 0.0926. The number of nitrogens with two attached hydrogens (primary N) is 2. The summed E-state index contributed by atoms with van der Waals surface area (Å²) in [5.74, 6) is 1.53. The van der Waals surface area contributed by atoms with Gasteiger partial charge in [-0.1, -0.05) is 13.8 Å². The molecule has 17 heavy (non-hydrogen) atoms. The first-order valence-corrected chi connectivity index (χ1v) is 7.26. The van der Waals surface area contributed by atoms with Gasteiger partial charge in [-0.25, -0.2) is 0 Å². The van der Waals surface area contributed by atoms with Crippen LogP contribution in [0.1, 0.15) is 46.0 Å². The molecule has 4 N–H and O–H groups in total. The van der Waals surface area contributed by atoms with Gasteiger partial charge in [-0.05, 0) is 64.1 Å². The van der Waals surface area contributed by atoms with Gasteiger partial charge in [-0.15, -0.1) is 0 Å². The van der Waals surface area contributed by atoms with E-state index in [-0.39, 0.29) is 0 Å². The second-order valence-electron chi connectivity index (χ2n) is 5.84. The molecule has 0 spiro atoms. The molecule has 0 bridgehead atoms. The number of hydrogen-bond donors (Lipinski definition) is 2. The first-order chi connectivity index (χ1) is 8.10. The van der Waals surface area contributed by atoms with E-state index < -0.39 is 0 Å². The molecule has 102 valence electrons. The lowest BCUT2D eigenvalue weighted by Crippen LogP contribution is -2.46. The van der Waals surface area contributed by atoms with E-state index >= 15 is 0 Å². The Bertz CT molecular complexity index is 208. The van der Waals surface area contributed by atoms with Crippen molar-refractivity contribution in [3.05, 3.63) is 0 Å². The van der Waals surface area contributed by atoms with Crippen molar-refractivity contribution in [3.63, 3.8) is 0 Å². The maximum Gasteiger partial charge on any atom is 0.0136 e. The third-order valence-corrected chi connectivity index (χ3v) is 4.40. The number of nitrogens with zero attached hydrogens (tertiary/aromatic N) is 1. The standard InChI is InChI=1S/C14H31N3/c1-4-9-17(3)14(7-8-15)13-10-12(16)6-5-11(13)2/h11-14H,4-10,15-16H2,1-3H3. The van der Waals surface area contributed by atoms with Gasteiger partial charge in [-0.2, -0.15) is 0 Å². The Morgan fingerprint density at radius 2 is 2.06 bits per heavy atom. The number of rotatable bonds is 6. The van der Waals surface area contributed by atoms with Crippen molar-refractivity contribution in [1.29, 1.82) is 0 Å². The molecule has 0 aromatic heterocycles. The average molecular weight is 241 g/mol. The topological polar surface area (TPSA) is 55.3 Å². The van der Waals surface area contributed by atoms with E-state index in [4.69, 9.17) is 11.5 Å². The molecule has 4 unspecified atom stereocenters. The molecule has 0 heterocycles. The second kappa shape index (κ2) is 7.34. The molecule has 0 amide bonds. The summed E-state index contributed by atoms with van der Waals surface area (Å²) in [5.41, 5.74) is 11.9. The van der Waals surface area contributed by atoms with E-state index in [1.54, 1.807) is 0 Å². The van der Waals surface area contributed by atoms with Crippen molar-refractivity contribution in [2.75, 3.05) is 20.1 Å². The lowest BCUT2D eigenvalue weighted by atomic mass is 9.73. The van der Waals surface area contributed by atoms with E-state index in [1.165, 1.54) is 32.2 Å². The lowest BCUT2D eigenvalue weighted by Gasteiger charge is -2.42. The third-order valence-electron chi connectivity index (χ3n) is 4.40. The van der Waals surface area contributed by atoms with Gasteiger partial charge in [0.05, 0.1) is 0 Å². The molecule has 1 aliphatic rings. The Balaban J connectivity index is 2.66. The summed E-state index contributed by atoms with van der Waals surface area (Å²) in [7, 11) is 2.25. The molecule has 1 rings (SSSR count). The summed E-state index contributed by atoms with van der Waals surface area (Å²) in [4.78, 5) is 2.51. The zero-order chi connectivity index (χ0) is 12.8. The largest absolute Gasteiger partial charge is 0.330 e. The second-order valence-corrected chi connectivity index (χ2v) is 5.84. The van der Waals surface area contributed by atoms with Crippen LogP contribution in [0.25, 0.3) is 0 Å². The van der Waals surface area contributed by atoms with Gasteiger partial charge in [0.15, 0.2) is 0 Å². The fourth-order valence-electron chi connectivity index (χ4n) is 3.38. The van der Waals surface area contributed by atoms with Crippen LogP contribution < -0.4 is 11.5 Å². The highest BCUT2D eigenvalue weighted by molar-refractivity contribution is 4.88. The zero-order valence-electron chi connectivity index (χ0n) is 11.9. The smallest absolute Gasteiger partial charge is 0.0136 e. The SMILES string of the molecule is CCCN(C)C(CCN)C1CC(N)CCC1C. The van der Waals surface area contributed by atoms with Crippen LogP contribution in [0.3, 0.4) is 0 Å². The summed E-state index contributed by atoms with van der Waals surface area (Å²) < 4.78 is 0.